The molecule has 0 unspecified atom stereocenters. The Bertz CT molecular complexity index is 1020. The summed E-state index contributed by atoms with van der Waals surface area (Å²) in [5.74, 6) is 0.236. The highest BCUT2D eigenvalue weighted by Gasteiger charge is 2.58. The van der Waals surface area contributed by atoms with E-state index in [0.29, 0.717) is 37.2 Å². The molecule has 0 bridgehead atoms. The summed E-state index contributed by atoms with van der Waals surface area (Å²) in [5.41, 5.74) is 0.491. The monoisotopic (exact) mass is 424 g/mol. The molecule has 31 heavy (non-hydrogen) atoms. The third kappa shape index (κ3) is 3.37. The molecule has 2 aromatic rings. The zero-order valence-corrected chi connectivity index (χ0v) is 17.4. The maximum atomic E-state index is 13.7. The molecule has 2 amide bonds. The van der Waals surface area contributed by atoms with Gasteiger partial charge >= 0.3 is 0 Å². The fraction of sp³-hybridized carbons (Fsp3) is 0.417. The summed E-state index contributed by atoms with van der Waals surface area (Å²) in [7, 11) is 1.57. The molecule has 162 valence electrons. The number of nitrogens with zero attached hydrogens (tertiary/aromatic N) is 2. The van der Waals surface area contributed by atoms with Gasteiger partial charge in [-0.1, -0.05) is 18.2 Å². The number of carbonyl (C=O) groups is 2. The molecule has 0 saturated carbocycles. The maximum Gasteiger partial charge on any atom is 0.257 e. The van der Waals surface area contributed by atoms with Crippen molar-refractivity contribution in [2.45, 2.75) is 43.6 Å². The molecule has 5 rings (SSSR count). The van der Waals surface area contributed by atoms with Crippen LogP contribution >= 0.6 is 0 Å². The van der Waals surface area contributed by atoms with E-state index in [1.807, 2.05) is 6.07 Å². The molecule has 1 spiro atoms. The van der Waals surface area contributed by atoms with Gasteiger partial charge in [-0.15, -0.1) is 0 Å². The lowest BCUT2D eigenvalue weighted by atomic mass is 9.89. The summed E-state index contributed by atoms with van der Waals surface area (Å²) in [6, 6.07) is 13.4. The molecule has 3 aliphatic rings. The van der Waals surface area contributed by atoms with Gasteiger partial charge in [0.15, 0.2) is 5.60 Å². The van der Waals surface area contributed by atoms with E-state index in [4.69, 9.17) is 9.47 Å². The van der Waals surface area contributed by atoms with Crippen LogP contribution in [0.1, 0.15) is 47.6 Å². The van der Waals surface area contributed by atoms with Crippen molar-refractivity contribution in [2.75, 3.05) is 20.2 Å². The highest BCUT2D eigenvalue weighted by molar-refractivity contribution is 5.95. The molecule has 3 aliphatic heterocycles. The van der Waals surface area contributed by atoms with Crippen LogP contribution in [0.15, 0.2) is 48.5 Å². The average Bonchev–Trinajstić information content (AvgIpc) is 3.32. The highest BCUT2D eigenvalue weighted by atomic mass is 19.1. The number of carbonyl (C=O) groups excluding carboxylic acids is 2. The number of amides is 2. The van der Waals surface area contributed by atoms with E-state index in [1.54, 1.807) is 47.2 Å². The van der Waals surface area contributed by atoms with Gasteiger partial charge < -0.3 is 19.3 Å². The van der Waals surface area contributed by atoms with Crippen LogP contribution in [0.3, 0.4) is 0 Å². The summed E-state index contributed by atoms with van der Waals surface area (Å²) in [6.07, 6.45) is 2.15. The van der Waals surface area contributed by atoms with Crippen LogP contribution in [0.2, 0.25) is 0 Å². The Kier molecular flexibility index (Phi) is 4.93. The average molecular weight is 424 g/mol. The summed E-state index contributed by atoms with van der Waals surface area (Å²) in [6.45, 7) is 0.903. The molecule has 0 N–H and O–H groups in total. The third-order valence-corrected chi connectivity index (χ3v) is 6.73. The van der Waals surface area contributed by atoms with Crippen molar-refractivity contribution in [2.24, 2.45) is 0 Å². The van der Waals surface area contributed by atoms with Crippen LogP contribution < -0.4 is 4.74 Å². The fourth-order valence-corrected chi connectivity index (χ4v) is 5.10. The number of fused-ring (bicyclic) bond motifs is 1. The number of rotatable bonds is 3. The van der Waals surface area contributed by atoms with E-state index in [0.717, 1.165) is 18.4 Å². The van der Waals surface area contributed by atoms with E-state index in [1.165, 1.54) is 12.1 Å². The van der Waals surface area contributed by atoms with Gasteiger partial charge in [0, 0.05) is 31.5 Å². The quantitative estimate of drug-likeness (QED) is 0.757. The van der Waals surface area contributed by atoms with Crippen molar-refractivity contribution in [3.63, 3.8) is 0 Å². The minimum absolute atomic E-state index is 0.0299. The van der Waals surface area contributed by atoms with Crippen molar-refractivity contribution in [3.05, 3.63) is 65.5 Å². The van der Waals surface area contributed by atoms with E-state index < -0.39 is 5.60 Å². The van der Waals surface area contributed by atoms with Gasteiger partial charge in [0.05, 0.1) is 13.2 Å². The minimum Gasteiger partial charge on any atom is -0.497 e. The Balaban J connectivity index is 1.30. The molecule has 3 fully saturated rings. The highest BCUT2D eigenvalue weighted by Crippen LogP contribution is 2.47. The topological polar surface area (TPSA) is 59.1 Å². The van der Waals surface area contributed by atoms with Crippen molar-refractivity contribution >= 4 is 11.8 Å². The Hall–Kier alpha value is -2.93. The Labute approximate surface area is 180 Å². The van der Waals surface area contributed by atoms with Gasteiger partial charge in [0.2, 0.25) is 0 Å². The number of hydrogen-bond donors (Lipinski definition) is 0. The second-order valence-electron chi connectivity index (χ2n) is 8.45. The number of halogens is 1. The molecular weight excluding hydrogens is 399 g/mol. The van der Waals surface area contributed by atoms with Crippen LogP contribution in [0, 0.1) is 5.82 Å². The van der Waals surface area contributed by atoms with E-state index in [2.05, 4.69) is 0 Å². The molecule has 6 nitrogen and oxygen atoms in total. The van der Waals surface area contributed by atoms with Gasteiger partial charge in [-0.25, -0.2) is 4.39 Å². The van der Waals surface area contributed by atoms with Crippen molar-refractivity contribution < 1.29 is 23.5 Å². The van der Waals surface area contributed by atoms with Crippen LogP contribution in [0.25, 0.3) is 0 Å². The largest absolute Gasteiger partial charge is 0.497 e. The number of methoxy groups -OCH3 is 1. The third-order valence-electron chi connectivity index (χ3n) is 6.73. The molecule has 7 heteroatoms. The second kappa shape index (κ2) is 7.64. The predicted octanol–water partition coefficient (Wildman–Crippen LogP) is 3.53. The first-order chi connectivity index (χ1) is 15.0. The molecular formula is C24H25FN2O4. The van der Waals surface area contributed by atoms with Crippen LogP contribution in [-0.4, -0.2) is 53.6 Å². The van der Waals surface area contributed by atoms with E-state index in [9.17, 15) is 14.0 Å². The SMILES string of the molecule is COc1cccc(C(=O)N2CCC3(CC2)O[C@@H]2CC[C@@H](c4cccc(F)c4)N2C3=O)c1. The zero-order chi connectivity index (χ0) is 21.6. The molecule has 3 saturated heterocycles. The first kappa shape index (κ1) is 20.0. The van der Waals surface area contributed by atoms with Crippen LogP contribution in [0.4, 0.5) is 4.39 Å². The normalized spacial score (nSPS) is 24.5. The Morgan fingerprint density at radius 2 is 1.90 bits per heavy atom. The summed E-state index contributed by atoms with van der Waals surface area (Å²) >= 11 is 0. The number of benzene rings is 2. The fourth-order valence-electron chi connectivity index (χ4n) is 5.10. The molecule has 3 heterocycles. The number of likely N-dealkylation sites (tertiary alicyclic amines) is 1. The predicted molar refractivity (Wildman–Crippen MR) is 111 cm³/mol. The van der Waals surface area contributed by atoms with Crippen molar-refractivity contribution in [3.8, 4) is 5.75 Å². The van der Waals surface area contributed by atoms with Crippen LogP contribution in [-0.2, 0) is 9.53 Å². The van der Waals surface area contributed by atoms with E-state index >= 15 is 0 Å². The lowest BCUT2D eigenvalue weighted by Gasteiger charge is -2.37. The number of hydrogen-bond acceptors (Lipinski definition) is 4. The summed E-state index contributed by atoms with van der Waals surface area (Å²) in [5, 5.41) is 0. The summed E-state index contributed by atoms with van der Waals surface area (Å²) in [4.78, 5) is 29.9. The lowest BCUT2D eigenvalue weighted by Crippen LogP contribution is -2.51. The van der Waals surface area contributed by atoms with Gasteiger partial charge in [-0.3, -0.25) is 9.59 Å². The zero-order valence-electron chi connectivity index (χ0n) is 17.4. The smallest absolute Gasteiger partial charge is 0.257 e. The lowest BCUT2D eigenvalue weighted by molar-refractivity contribution is -0.142. The maximum absolute atomic E-state index is 13.7. The van der Waals surface area contributed by atoms with Crippen LogP contribution in [0.5, 0.6) is 5.75 Å². The molecule has 2 atom stereocenters. The minimum atomic E-state index is -0.887. The number of piperidine rings is 1. The van der Waals surface area contributed by atoms with Gasteiger partial charge in [0.1, 0.15) is 17.8 Å². The second-order valence-corrected chi connectivity index (χ2v) is 8.45. The molecule has 0 radical (unpaired) electrons. The van der Waals surface area contributed by atoms with E-state index in [-0.39, 0.29) is 29.9 Å². The van der Waals surface area contributed by atoms with Gasteiger partial charge in [-0.05, 0) is 48.7 Å². The standard InChI is InChI=1S/C24H25FN2O4/c1-30-19-7-3-5-17(15-19)22(28)26-12-10-24(11-13-26)23(29)27-20(8-9-21(27)31-24)16-4-2-6-18(25)14-16/h2-7,14-15,20-21H,8-13H2,1H3/t20-,21+/m0/s1. The Morgan fingerprint density at radius 1 is 1.13 bits per heavy atom. The first-order valence-electron chi connectivity index (χ1n) is 10.7. The van der Waals surface area contributed by atoms with Crippen molar-refractivity contribution in [1.82, 2.24) is 9.80 Å². The molecule has 0 aliphatic carbocycles. The van der Waals surface area contributed by atoms with Gasteiger partial charge in [0.25, 0.3) is 11.8 Å². The van der Waals surface area contributed by atoms with Crippen molar-refractivity contribution in [1.29, 1.82) is 0 Å². The number of ether oxygens (including phenoxy) is 2. The first-order valence-corrected chi connectivity index (χ1v) is 10.7. The molecule has 2 aromatic carbocycles. The van der Waals surface area contributed by atoms with Gasteiger partial charge in [-0.2, -0.15) is 0 Å². The summed E-state index contributed by atoms with van der Waals surface area (Å²) < 4.78 is 25.3. The Morgan fingerprint density at radius 3 is 2.65 bits per heavy atom. The molecule has 0 aromatic heterocycles.